The Labute approximate surface area is 120 Å². The summed E-state index contributed by atoms with van der Waals surface area (Å²) in [7, 11) is 0. The third kappa shape index (κ3) is 2.87. The molecule has 1 aromatic rings. The Morgan fingerprint density at radius 1 is 1.35 bits per heavy atom. The Hall–Kier alpha value is -1.36. The van der Waals surface area contributed by atoms with E-state index in [4.69, 9.17) is 0 Å². The van der Waals surface area contributed by atoms with Crippen LogP contribution in [0.25, 0.3) is 0 Å². The van der Waals surface area contributed by atoms with E-state index in [1.54, 1.807) is 6.20 Å². The zero-order chi connectivity index (χ0) is 13.9. The smallest absolute Gasteiger partial charge is 0.230 e. The predicted octanol–water partition coefficient (Wildman–Crippen LogP) is 2.11. The first-order valence-corrected chi connectivity index (χ1v) is 7.83. The molecule has 1 saturated heterocycles. The van der Waals surface area contributed by atoms with E-state index in [0.717, 1.165) is 31.4 Å². The summed E-state index contributed by atoms with van der Waals surface area (Å²) in [6.07, 6.45) is 10.3. The lowest BCUT2D eigenvalue weighted by Gasteiger charge is -2.44. The normalized spacial score (nSPS) is 21.6. The number of hydrogen-bond acceptors (Lipinski definition) is 3. The molecule has 110 valence electrons. The molecule has 1 aromatic heterocycles. The molecule has 0 atom stereocenters. The number of amides is 1. The standard InChI is InChI=1S/C15H24N4O/c1-2-19-11-13(8-16-19)17-15(20)12-9-18(10-12)14-6-4-3-5-7-14/h8,11-12,14H,2-7,9-10H2,1H3,(H,17,20). The molecule has 2 fully saturated rings. The molecule has 20 heavy (non-hydrogen) atoms. The van der Waals surface area contributed by atoms with E-state index in [2.05, 4.69) is 15.3 Å². The number of aryl methyl sites for hydroxylation is 1. The van der Waals surface area contributed by atoms with E-state index < -0.39 is 0 Å². The number of hydrogen-bond donors (Lipinski definition) is 1. The first-order valence-electron chi connectivity index (χ1n) is 7.83. The minimum Gasteiger partial charge on any atom is -0.323 e. The van der Waals surface area contributed by atoms with Crippen LogP contribution in [0.15, 0.2) is 12.4 Å². The zero-order valence-electron chi connectivity index (χ0n) is 12.2. The van der Waals surface area contributed by atoms with Crippen LogP contribution in [0.2, 0.25) is 0 Å². The summed E-state index contributed by atoms with van der Waals surface area (Å²) in [5.74, 6) is 0.301. The van der Waals surface area contributed by atoms with E-state index in [1.807, 2.05) is 17.8 Å². The SMILES string of the molecule is CCn1cc(NC(=O)C2CN(C3CCCCC3)C2)cn1. The second kappa shape index (κ2) is 5.95. The third-order valence-corrected chi connectivity index (χ3v) is 4.60. The molecule has 1 aliphatic carbocycles. The lowest BCUT2D eigenvalue weighted by Crippen LogP contribution is -2.56. The second-order valence-electron chi connectivity index (χ2n) is 6.02. The molecule has 0 spiro atoms. The molecule has 2 heterocycles. The van der Waals surface area contributed by atoms with Crippen molar-refractivity contribution in [3.8, 4) is 0 Å². The lowest BCUT2D eigenvalue weighted by molar-refractivity contribution is -0.126. The van der Waals surface area contributed by atoms with Crippen LogP contribution >= 0.6 is 0 Å². The topological polar surface area (TPSA) is 50.2 Å². The van der Waals surface area contributed by atoms with Crippen LogP contribution in [0.3, 0.4) is 0 Å². The molecular formula is C15H24N4O. The van der Waals surface area contributed by atoms with E-state index >= 15 is 0 Å². The number of nitrogens with one attached hydrogen (secondary N) is 1. The van der Waals surface area contributed by atoms with Gasteiger partial charge >= 0.3 is 0 Å². The molecule has 0 radical (unpaired) electrons. The number of carbonyl (C=O) groups excluding carboxylic acids is 1. The van der Waals surface area contributed by atoms with Gasteiger partial charge in [-0.3, -0.25) is 14.4 Å². The molecule has 1 amide bonds. The van der Waals surface area contributed by atoms with Gasteiger partial charge in [0, 0.05) is 31.9 Å². The summed E-state index contributed by atoms with van der Waals surface area (Å²) in [4.78, 5) is 14.6. The van der Waals surface area contributed by atoms with Crippen molar-refractivity contribution in [1.82, 2.24) is 14.7 Å². The summed E-state index contributed by atoms with van der Waals surface area (Å²) in [5, 5.41) is 7.14. The van der Waals surface area contributed by atoms with E-state index in [9.17, 15) is 4.79 Å². The lowest BCUT2D eigenvalue weighted by atomic mass is 9.88. The highest BCUT2D eigenvalue weighted by molar-refractivity contribution is 5.93. The number of carbonyl (C=O) groups is 1. The molecule has 3 rings (SSSR count). The summed E-state index contributed by atoms with van der Waals surface area (Å²) in [5.41, 5.74) is 0.813. The first-order chi connectivity index (χ1) is 9.76. The summed E-state index contributed by atoms with van der Waals surface area (Å²) < 4.78 is 1.82. The van der Waals surface area contributed by atoms with Crippen molar-refractivity contribution >= 4 is 11.6 Å². The van der Waals surface area contributed by atoms with Crippen LogP contribution in [0.1, 0.15) is 39.0 Å². The Morgan fingerprint density at radius 2 is 2.10 bits per heavy atom. The van der Waals surface area contributed by atoms with Gasteiger partial charge in [0.15, 0.2) is 0 Å². The Balaban J connectivity index is 1.45. The van der Waals surface area contributed by atoms with Crippen LogP contribution in [0, 0.1) is 5.92 Å². The highest BCUT2D eigenvalue weighted by Crippen LogP contribution is 2.29. The average Bonchev–Trinajstić information content (AvgIpc) is 2.86. The van der Waals surface area contributed by atoms with Gasteiger partial charge in [0.25, 0.3) is 0 Å². The molecule has 2 aliphatic rings. The fourth-order valence-electron chi connectivity index (χ4n) is 3.27. The van der Waals surface area contributed by atoms with Crippen molar-refractivity contribution in [3.05, 3.63) is 12.4 Å². The van der Waals surface area contributed by atoms with Crippen molar-refractivity contribution in [1.29, 1.82) is 0 Å². The highest BCUT2D eigenvalue weighted by atomic mass is 16.2. The molecule has 1 N–H and O–H groups in total. The van der Waals surface area contributed by atoms with Gasteiger partial charge < -0.3 is 5.32 Å². The quantitative estimate of drug-likeness (QED) is 0.916. The first kappa shape index (κ1) is 13.6. The summed E-state index contributed by atoms with van der Waals surface area (Å²) in [6.45, 7) is 4.72. The van der Waals surface area contributed by atoms with Crippen molar-refractivity contribution < 1.29 is 4.79 Å². The number of rotatable bonds is 4. The van der Waals surface area contributed by atoms with E-state index in [0.29, 0.717) is 0 Å². The molecule has 5 nitrogen and oxygen atoms in total. The van der Waals surface area contributed by atoms with Crippen molar-refractivity contribution in [3.63, 3.8) is 0 Å². The molecular weight excluding hydrogens is 252 g/mol. The fourth-order valence-corrected chi connectivity index (χ4v) is 3.27. The van der Waals surface area contributed by atoms with Crippen LogP contribution in [-0.2, 0) is 11.3 Å². The fraction of sp³-hybridized carbons (Fsp3) is 0.733. The number of nitrogens with zero attached hydrogens (tertiary/aromatic N) is 3. The van der Waals surface area contributed by atoms with Gasteiger partial charge in [-0.1, -0.05) is 19.3 Å². The summed E-state index contributed by atoms with van der Waals surface area (Å²) >= 11 is 0. The Bertz CT molecular complexity index is 458. The number of anilines is 1. The molecule has 1 saturated carbocycles. The van der Waals surface area contributed by atoms with Gasteiger partial charge in [-0.15, -0.1) is 0 Å². The summed E-state index contributed by atoms with van der Waals surface area (Å²) in [6, 6.07) is 0.732. The van der Waals surface area contributed by atoms with Gasteiger partial charge in [0.05, 0.1) is 17.8 Å². The largest absolute Gasteiger partial charge is 0.323 e. The molecule has 0 aromatic carbocycles. The average molecular weight is 276 g/mol. The zero-order valence-corrected chi connectivity index (χ0v) is 12.2. The maximum absolute atomic E-state index is 12.1. The maximum Gasteiger partial charge on any atom is 0.230 e. The van der Waals surface area contributed by atoms with Gasteiger partial charge in [0.2, 0.25) is 5.91 Å². The van der Waals surface area contributed by atoms with Gasteiger partial charge in [-0.25, -0.2) is 0 Å². The minimum atomic E-state index is 0.146. The van der Waals surface area contributed by atoms with Gasteiger partial charge in [-0.2, -0.15) is 5.10 Å². The second-order valence-corrected chi connectivity index (χ2v) is 6.02. The van der Waals surface area contributed by atoms with E-state index in [-0.39, 0.29) is 11.8 Å². The Morgan fingerprint density at radius 3 is 2.75 bits per heavy atom. The highest BCUT2D eigenvalue weighted by Gasteiger charge is 2.36. The van der Waals surface area contributed by atoms with E-state index in [1.165, 1.54) is 32.1 Å². The minimum absolute atomic E-state index is 0.146. The predicted molar refractivity (Wildman–Crippen MR) is 78.5 cm³/mol. The van der Waals surface area contributed by atoms with Crippen LogP contribution in [-0.4, -0.2) is 39.7 Å². The van der Waals surface area contributed by atoms with Gasteiger partial charge in [-0.05, 0) is 19.8 Å². The molecule has 1 aliphatic heterocycles. The van der Waals surface area contributed by atoms with Crippen molar-refractivity contribution in [2.75, 3.05) is 18.4 Å². The van der Waals surface area contributed by atoms with Crippen molar-refractivity contribution in [2.45, 2.75) is 51.6 Å². The van der Waals surface area contributed by atoms with Crippen LogP contribution in [0.4, 0.5) is 5.69 Å². The monoisotopic (exact) mass is 276 g/mol. The van der Waals surface area contributed by atoms with Crippen molar-refractivity contribution in [2.24, 2.45) is 5.92 Å². The maximum atomic E-state index is 12.1. The number of aromatic nitrogens is 2. The number of likely N-dealkylation sites (tertiary alicyclic amines) is 1. The molecule has 0 bridgehead atoms. The third-order valence-electron chi connectivity index (χ3n) is 4.60. The Kier molecular flexibility index (Phi) is 4.05. The van der Waals surface area contributed by atoms with Gasteiger partial charge in [0.1, 0.15) is 0 Å². The van der Waals surface area contributed by atoms with Crippen LogP contribution in [0.5, 0.6) is 0 Å². The molecule has 0 unspecified atom stereocenters. The van der Waals surface area contributed by atoms with Crippen LogP contribution < -0.4 is 5.32 Å². The molecule has 5 heteroatoms.